The van der Waals surface area contributed by atoms with Crippen LogP contribution in [-0.2, 0) is 4.79 Å². The van der Waals surface area contributed by atoms with E-state index in [0.717, 1.165) is 11.3 Å². The zero-order chi connectivity index (χ0) is 18.0. The van der Waals surface area contributed by atoms with Gasteiger partial charge in [0, 0.05) is 17.3 Å². The maximum absolute atomic E-state index is 12.6. The third kappa shape index (κ3) is 3.61. The fourth-order valence-corrected chi connectivity index (χ4v) is 3.06. The van der Waals surface area contributed by atoms with Gasteiger partial charge in [0.05, 0.1) is 12.7 Å². The molecule has 2 amide bonds. The van der Waals surface area contributed by atoms with Crippen LogP contribution in [0.1, 0.15) is 22.3 Å². The first kappa shape index (κ1) is 17.3. The molecule has 0 aliphatic carbocycles. The number of aryl methyl sites for hydroxylation is 1. The van der Waals surface area contributed by atoms with E-state index < -0.39 is 6.04 Å². The summed E-state index contributed by atoms with van der Waals surface area (Å²) in [6.45, 7) is 2.57. The summed E-state index contributed by atoms with van der Waals surface area (Å²) in [5.41, 5.74) is 2.29. The maximum atomic E-state index is 12.6. The van der Waals surface area contributed by atoms with Gasteiger partial charge in [0.2, 0.25) is 5.91 Å². The lowest BCUT2D eigenvalue weighted by atomic mass is 10.1. The highest BCUT2D eigenvalue weighted by molar-refractivity contribution is 6.31. The second-order valence-corrected chi connectivity index (χ2v) is 6.42. The van der Waals surface area contributed by atoms with Crippen molar-refractivity contribution in [2.75, 3.05) is 18.6 Å². The van der Waals surface area contributed by atoms with Crippen LogP contribution in [0.4, 0.5) is 5.69 Å². The molecule has 0 radical (unpaired) electrons. The number of hydrogen-bond acceptors (Lipinski definition) is 3. The number of methoxy groups -OCH3 is 1. The van der Waals surface area contributed by atoms with Crippen LogP contribution in [0.5, 0.6) is 5.75 Å². The molecule has 2 aromatic rings. The molecule has 3 rings (SSSR count). The van der Waals surface area contributed by atoms with Gasteiger partial charge in [0.15, 0.2) is 0 Å². The fraction of sp³-hybridized carbons (Fsp3) is 0.263. The van der Waals surface area contributed by atoms with E-state index in [4.69, 9.17) is 16.3 Å². The first-order valence-corrected chi connectivity index (χ1v) is 8.40. The minimum absolute atomic E-state index is 0.113. The van der Waals surface area contributed by atoms with Gasteiger partial charge in [-0.25, -0.2) is 0 Å². The molecule has 0 spiro atoms. The van der Waals surface area contributed by atoms with Gasteiger partial charge in [-0.3, -0.25) is 9.59 Å². The van der Waals surface area contributed by atoms with Gasteiger partial charge in [0.25, 0.3) is 5.91 Å². The van der Waals surface area contributed by atoms with Gasteiger partial charge in [-0.2, -0.15) is 0 Å². The monoisotopic (exact) mass is 358 g/mol. The van der Waals surface area contributed by atoms with Crippen molar-refractivity contribution >= 4 is 29.1 Å². The summed E-state index contributed by atoms with van der Waals surface area (Å²) in [6.07, 6.45) is 0.557. The Morgan fingerprint density at radius 2 is 1.96 bits per heavy atom. The van der Waals surface area contributed by atoms with Crippen molar-refractivity contribution < 1.29 is 14.3 Å². The SMILES string of the molecule is COc1ccc(Cl)cc1C(=O)NC1CCN(c2ccc(C)cc2)C1=O. The molecule has 1 N–H and O–H groups in total. The van der Waals surface area contributed by atoms with E-state index in [1.54, 1.807) is 17.0 Å². The minimum atomic E-state index is -0.558. The van der Waals surface area contributed by atoms with E-state index in [2.05, 4.69) is 5.32 Å². The molecular formula is C19H19ClN2O3. The highest BCUT2D eigenvalue weighted by atomic mass is 35.5. The molecule has 0 bridgehead atoms. The van der Waals surface area contributed by atoms with Crippen LogP contribution in [0.25, 0.3) is 0 Å². The van der Waals surface area contributed by atoms with E-state index >= 15 is 0 Å². The van der Waals surface area contributed by atoms with Gasteiger partial charge >= 0.3 is 0 Å². The van der Waals surface area contributed by atoms with Gasteiger partial charge < -0.3 is 15.0 Å². The molecule has 1 aliphatic heterocycles. The molecule has 1 aliphatic rings. The Hall–Kier alpha value is -2.53. The number of carbonyl (C=O) groups is 2. The lowest BCUT2D eigenvalue weighted by molar-refractivity contribution is -0.118. The van der Waals surface area contributed by atoms with Crippen molar-refractivity contribution in [1.82, 2.24) is 5.32 Å². The molecule has 5 nitrogen and oxygen atoms in total. The Morgan fingerprint density at radius 3 is 2.64 bits per heavy atom. The number of nitrogens with one attached hydrogen (secondary N) is 1. The molecule has 1 fully saturated rings. The van der Waals surface area contributed by atoms with Crippen LogP contribution in [0.2, 0.25) is 5.02 Å². The largest absolute Gasteiger partial charge is 0.496 e. The smallest absolute Gasteiger partial charge is 0.255 e. The van der Waals surface area contributed by atoms with Crippen LogP contribution in [0, 0.1) is 6.92 Å². The molecule has 1 unspecified atom stereocenters. The van der Waals surface area contributed by atoms with Crippen molar-refractivity contribution in [2.45, 2.75) is 19.4 Å². The van der Waals surface area contributed by atoms with E-state index in [0.29, 0.717) is 29.3 Å². The van der Waals surface area contributed by atoms with Crippen LogP contribution < -0.4 is 15.0 Å². The lowest BCUT2D eigenvalue weighted by Gasteiger charge is -2.18. The Kier molecular flexibility index (Phi) is 4.95. The predicted molar refractivity (Wildman–Crippen MR) is 97.4 cm³/mol. The normalized spacial score (nSPS) is 16.8. The third-order valence-electron chi connectivity index (χ3n) is 4.26. The van der Waals surface area contributed by atoms with Crippen molar-refractivity contribution in [3.8, 4) is 5.75 Å². The second kappa shape index (κ2) is 7.15. The van der Waals surface area contributed by atoms with E-state index in [1.165, 1.54) is 13.2 Å². The average molecular weight is 359 g/mol. The first-order valence-electron chi connectivity index (χ1n) is 8.02. The summed E-state index contributed by atoms with van der Waals surface area (Å²) >= 11 is 5.97. The number of benzene rings is 2. The van der Waals surface area contributed by atoms with Gasteiger partial charge in [-0.1, -0.05) is 29.3 Å². The number of carbonyl (C=O) groups excluding carboxylic acids is 2. The number of halogens is 1. The standard InChI is InChI=1S/C19H19ClN2O3/c1-12-3-6-14(7-4-12)22-10-9-16(19(22)24)21-18(23)15-11-13(20)5-8-17(15)25-2/h3-8,11,16H,9-10H2,1-2H3,(H,21,23). The minimum Gasteiger partial charge on any atom is -0.496 e. The van der Waals surface area contributed by atoms with E-state index in [1.807, 2.05) is 31.2 Å². The number of rotatable bonds is 4. The summed E-state index contributed by atoms with van der Waals surface area (Å²) in [7, 11) is 1.49. The van der Waals surface area contributed by atoms with Gasteiger partial charge in [-0.05, 0) is 43.7 Å². The molecule has 0 aromatic heterocycles. The molecule has 1 saturated heterocycles. The molecule has 6 heteroatoms. The first-order chi connectivity index (χ1) is 12.0. The molecule has 130 valence electrons. The Morgan fingerprint density at radius 1 is 1.24 bits per heavy atom. The Labute approximate surface area is 151 Å². The number of amides is 2. The summed E-state index contributed by atoms with van der Waals surface area (Å²) in [5.74, 6) is -0.0654. The topological polar surface area (TPSA) is 58.6 Å². The molecule has 1 atom stereocenters. The number of anilines is 1. The highest BCUT2D eigenvalue weighted by Crippen LogP contribution is 2.25. The quantitative estimate of drug-likeness (QED) is 0.913. The van der Waals surface area contributed by atoms with Crippen LogP contribution in [0.3, 0.4) is 0 Å². The molecule has 0 saturated carbocycles. The maximum Gasteiger partial charge on any atom is 0.255 e. The van der Waals surface area contributed by atoms with Crippen LogP contribution >= 0.6 is 11.6 Å². The number of nitrogens with zero attached hydrogens (tertiary/aromatic N) is 1. The van der Waals surface area contributed by atoms with Gasteiger partial charge in [-0.15, -0.1) is 0 Å². The van der Waals surface area contributed by atoms with Gasteiger partial charge in [0.1, 0.15) is 11.8 Å². The van der Waals surface area contributed by atoms with Crippen molar-refractivity contribution in [2.24, 2.45) is 0 Å². The van der Waals surface area contributed by atoms with E-state index in [9.17, 15) is 9.59 Å². The predicted octanol–water partition coefficient (Wildman–Crippen LogP) is 3.19. The summed E-state index contributed by atoms with van der Waals surface area (Å²) in [4.78, 5) is 26.9. The lowest BCUT2D eigenvalue weighted by Crippen LogP contribution is -2.41. The Balaban J connectivity index is 1.74. The van der Waals surface area contributed by atoms with Crippen LogP contribution in [0.15, 0.2) is 42.5 Å². The third-order valence-corrected chi connectivity index (χ3v) is 4.50. The van der Waals surface area contributed by atoms with Crippen molar-refractivity contribution in [3.63, 3.8) is 0 Å². The van der Waals surface area contributed by atoms with Crippen LogP contribution in [-0.4, -0.2) is 31.5 Å². The molecule has 1 heterocycles. The average Bonchev–Trinajstić information content (AvgIpc) is 2.96. The summed E-state index contributed by atoms with van der Waals surface area (Å²) in [5, 5.41) is 3.22. The molecule has 2 aromatic carbocycles. The summed E-state index contributed by atoms with van der Waals surface area (Å²) < 4.78 is 5.20. The molecular weight excluding hydrogens is 340 g/mol. The summed E-state index contributed by atoms with van der Waals surface area (Å²) in [6, 6.07) is 12.0. The van der Waals surface area contributed by atoms with E-state index in [-0.39, 0.29) is 11.8 Å². The zero-order valence-corrected chi connectivity index (χ0v) is 14.8. The molecule has 25 heavy (non-hydrogen) atoms. The fourth-order valence-electron chi connectivity index (χ4n) is 2.89. The van der Waals surface area contributed by atoms with Crippen molar-refractivity contribution in [1.29, 1.82) is 0 Å². The second-order valence-electron chi connectivity index (χ2n) is 5.98. The Bertz CT molecular complexity index is 805. The van der Waals surface area contributed by atoms with Crippen molar-refractivity contribution in [3.05, 3.63) is 58.6 Å². The number of hydrogen-bond donors (Lipinski definition) is 1. The zero-order valence-electron chi connectivity index (χ0n) is 14.1. The highest BCUT2D eigenvalue weighted by Gasteiger charge is 2.34. The number of ether oxygens (including phenoxy) is 1.